The van der Waals surface area contributed by atoms with Gasteiger partial charge in [-0.05, 0) is 29.8 Å². The summed E-state index contributed by atoms with van der Waals surface area (Å²) >= 11 is 0. The fraction of sp³-hybridized carbons (Fsp3) is 0.133. The number of carbonyl (C=O) groups excluding carboxylic acids is 1. The van der Waals surface area contributed by atoms with Crippen LogP contribution in [0.5, 0.6) is 11.5 Å². The number of hydrogen-bond donors (Lipinski definition) is 3. The summed E-state index contributed by atoms with van der Waals surface area (Å²) < 4.78 is 18.5. The van der Waals surface area contributed by atoms with Crippen LogP contribution in [0.4, 0.5) is 10.1 Å². The predicted molar refractivity (Wildman–Crippen MR) is 76.6 cm³/mol. The largest absolute Gasteiger partial charge is 0.508 e. The maximum atomic E-state index is 13.4. The molecule has 0 aliphatic rings. The zero-order valence-corrected chi connectivity index (χ0v) is 11.3. The first kappa shape index (κ1) is 14.6. The Morgan fingerprint density at radius 3 is 2.67 bits per heavy atom. The Labute approximate surface area is 121 Å². The fourth-order valence-corrected chi connectivity index (χ4v) is 2.00. The molecule has 0 bridgehead atoms. The number of anilines is 1. The van der Waals surface area contributed by atoms with Crippen LogP contribution in [0.15, 0.2) is 42.5 Å². The van der Waals surface area contributed by atoms with E-state index in [2.05, 4.69) is 5.32 Å². The molecule has 0 radical (unpaired) electrons. The van der Waals surface area contributed by atoms with Gasteiger partial charge >= 0.3 is 0 Å². The lowest BCUT2D eigenvalue weighted by Crippen LogP contribution is -2.28. The van der Waals surface area contributed by atoms with Crippen molar-refractivity contribution in [3.05, 3.63) is 53.8 Å². The van der Waals surface area contributed by atoms with Crippen molar-refractivity contribution in [1.29, 1.82) is 0 Å². The highest BCUT2D eigenvalue weighted by Crippen LogP contribution is 2.29. The second kappa shape index (κ2) is 6.13. The number of nitrogens with one attached hydrogen (secondary N) is 1. The third kappa shape index (κ3) is 3.42. The molecule has 4 N–H and O–H groups in total. The smallest absolute Gasteiger partial charge is 0.244 e. The number of para-hydroxylation sites is 2. The van der Waals surface area contributed by atoms with Gasteiger partial charge in [0.05, 0.1) is 12.8 Å². The van der Waals surface area contributed by atoms with Crippen LogP contribution in [-0.4, -0.2) is 18.1 Å². The average Bonchev–Trinajstić information content (AvgIpc) is 2.43. The molecule has 2 aromatic carbocycles. The van der Waals surface area contributed by atoms with Crippen molar-refractivity contribution in [2.75, 3.05) is 12.4 Å². The van der Waals surface area contributed by atoms with E-state index in [-0.39, 0.29) is 11.3 Å². The van der Waals surface area contributed by atoms with E-state index in [0.717, 1.165) is 12.1 Å². The minimum absolute atomic E-state index is 0.228. The summed E-state index contributed by atoms with van der Waals surface area (Å²) in [6.07, 6.45) is 0. The number of ether oxygens (including phenoxy) is 1. The molecule has 110 valence electrons. The van der Waals surface area contributed by atoms with E-state index in [1.54, 1.807) is 24.3 Å². The fourth-order valence-electron chi connectivity index (χ4n) is 2.00. The number of hydrogen-bond acceptors (Lipinski definition) is 4. The Hall–Kier alpha value is -2.76. The van der Waals surface area contributed by atoms with Gasteiger partial charge in [0.25, 0.3) is 0 Å². The number of aromatic hydroxyl groups is 1. The minimum Gasteiger partial charge on any atom is -0.508 e. The van der Waals surface area contributed by atoms with Gasteiger partial charge in [0.1, 0.15) is 23.4 Å². The van der Waals surface area contributed by atoms with Crippen LogP contribution in [0, 0.1) is 5.82 Å². The van der Waals surface area contributed by atoms with Crippen LogP contribution in [0.25, 0.3) is 0 Å². The van der Waals surface area contributed by atoms with Crippen molar-refractivity contribution in [3.8, 4) is 11.5 Å². The first-order valence-electron chi connectivity index (χ1n) is 6.19. The Morgan fingerprint density at radius 2 is 2.05 bits per heavy atom. The first-order valence-corrected chi connectivity index (χ1v) is 6.19. The zero-order chi connectivity index (χ0) is 15.4. The molecule has 0 spiro atoms. The molecule has 0 aliphatic heterocycles. The van der Waals surface area contributed by atoms with Gasteiger partial charge in [0.2, 0.25) is 5.91 Å². The lowest BCUT2D eigenvalue weighted by atomic mass is 10.1. The van der Waals surface area contributed by atoms with E-state index in [1.807, 2.05) is 0 Å². The number of methoxy groups -OCH3 is 1. The highest BCUT2D eigenvalue weighted by Gasteiger charge is 2.20. The normalized spacial score (nSPS) is 11.7. The van der Waals surface area contributed by atoms with Gasteiger partial charge in [-0.1, -0.05) is 12.1 Å². The van der Waals surface area contributed by atoms with Crippen LogP contribution in [-0.2, 0) is 4.79 Å². The molecule has 21 heavy (non-hydrogen) atoms. The Kier molecular flexibility index (Phi) is 4.27. The van der Waals surface area contributed by atoms with E-state index in [9.17, 15) is 14.3 Å². The predicted octanol–water partition coefficient (Wildman–Crippen LogP) is 2.18. The van der Waals surface area contributed by atoms with Crippen molar-refractivity contribution in [1.82, 2.24) is 0 Å². The number of carbonyl (C=O) groups is 1. The van der Waals surface area contributed by atoms with Gasteiger partial charge in [-0.2, -0.15) is 0 Å². The van der Waals surface area contributed by atoms with E-state index in [0.29, 0.717) is 11.4 Å². The molecule has 0 aliphatic carbocycles. The van der Waals surface area contributed by atoms with Crippen molar-refractivity contribution in [3.63, 3.8) is 0 Å². The summed E-state index contributed by atoms with van der Waals surface area (Å²) in [7, 11) is 1.49. The standard InChI is InChI=1S/C15H15FN2O3/c1-21-13-5-3-2-4-12(13)18-14(15(17)20)9-6-10(16)8-11(19)7-9/h2-8,14,18-19H,1H3,(H2,17,20). The topological polar surface area (TPSA) is 84.6 Å². The van der Waals surface area contributed by atoms with Crippen molar-refractivity contribution < 1.29 is 19.0 Å². The van der Waals surface area contributed by atoms with Gasteiger partial charge in [0.15, 0.2) is 0 Å². The van der Waals surface area contributed by atoms with Crippen LogP contribution in [0.2, 0.25) is 0 Å². The van der Waals surface area contributed by atoms with Crippen LogP contribution in [0.3, 0.4) is 0 Å². The molecule has 0 saturated carbocycles. The Morgan fingerprint density at radius 1 is 1.33 bits per heavy atom. The Bertz CT molecular complexity index is 641. The molecule has 0 fully saturated rings. The van der Waals surface area contributed by atoms with Gasteiger partial charge in [0, 0.05) is 6.07 Å². The average molecular weight is 290 g/mol. The summed E-state index contributed by atoms with van der Waals surface area (Å²) in [5.41, 5.74) is 6.12. The lowest BCUT2D eigenvalue weighted by molar-refractivity contribution is -0.118. The molecule has 0 aromatic heterocycles. The quantitative estimate of drug-likeness (QED) is 0.788. The lowest BCUT2D eigenvalue weighted by Gasteiger charge is -2.19. The second-order valence-corrected chi connectivity index (χ2v) is 4.42. The van der Waals surface area contributed by atoms with Gasteiger partial charge < -0.3 is 20.9 Å². The molecule has 0 heterocycles. The molecule has 0 saturated heterocycles. The van der Waals surface area contributed by atoms with Gasteiger partial charge in [-0.3, -0.25) is 4.79 Å². The SMILES string of the molecule is COc1ccccc1NC(C(N)=O)c1cc(O)cc(F)c1. The molecule has 1 unspecified atom stereocenters. The molecule has 5 nitrogen and oxygen atoms in total. The number of rotatable bonds is 5. The van der Waals surface area contributed by atoms with Crippen LogP contribution < -0.4 is 15.8 Å². The third-order valence-electron chi connectivity index (χ3n) is 2.93. The summed E-state index contributed by atoms with van der Waals surface area (Å²) in [6, 6.07) is 9.31. The first-order chi connectivity index (χ1) is 10.0. The number of amides is 1. The minimum atomic E-state index is -0.997. The number of nitrogens with two attached hydrogens (primary N) is 1. The van der Waals surface area contributed by atoms with Crippen molar-refractivity contribution in [2.24, 2.45) is 5.73 Å². The van der Waals surface area contributed by atoms with Crippen LogP contribution >= 0.6 is 0 Å². The van der Waals surface area contributed by atoms with E-state index in [1.165, 1.54) is 13.2 Å². The third-order valence-corrected chi connectivity index (χ3v) is 2.93. The monoisotopic (exact) mass is 290 g/mol. The van der Waals surface area contributed by atoms with Gasteiger partial charge in [-0.15, -0.1) is 0 Å². The summed E-state index contributed by atoms with van der Waals surface area (Å²) in [5, 5.41) is 12.3. The van der Waals surface area contributed by atoms with E-state index < -0.39 is 17.8 Å². The molecular formula is C15H15FN2O3. The van der Waals surface area contributed by atoms with Crippen molar-refractivity contribution in [2.45, 2.75) is 6.04 Å². The molecule has 2 aromatic rings. The second-order valence-electron chi connectivity index (χ2n) is 4.42. The summed E-state index contributed by atoms with van der Waals surface area (Å²) in [5.74, 6) is -1.12. The molecule has 1 amide bonds. The van der Waals surface area contributed by atoms with E-state index in [4.69, 9.17) is 10.5 Å². The highest BCUT2D eigenvalue weighted by atomic mass is 19.1. The molecule has 6 heteroatoms. The number of phenolic OH excluding ortho intramolecular Hbond substituents is 1. The molecular weight excluding hydrogens is 275 g/mol. The summed E-state index contributed by atoms with van der Waals surface area (Å²) in [4.78, 5) is 11.6. The zero-order valence-electron chi connectivity index (χ0n) is 11.3. The van der Waals surface area contributed by atoms with Crippen molar-refractivity contribution >= 4 is 11.6 Å². The highest BCUT2D eigenvalue weighted by molar-refractivity contribution is 5.85. The Balaban J connectivity index is 2.38. The molecule has 2 rings (SSSR count). The number of benzene rings is 2. The summed E-state index contributed by atoms with van der Waals surface area (Å²) in [6.45, 7) is 0. The number of primary amides is 1. The van der Waals surface area contributed by atoms with Crippen LogP contribution in [0.1, 0.15) is 11.6 Å². The maximum absolute atomic E-state index is 13.4. The van der Waals surface area contributed by atoms with E-state index >= 15 is 0 Å². The van der Waals surface area contributed by atoms with Gasteiger partial charge in [-0.25, -0.2) is 4.39 Å². The number of halogens is 1. The maximum Gasteiger partial charge on any atom is 0.244 e. The number of phenols is 1. The molecule has 1 atom stereocenters.